The van der Waals surface area contributed by atoms with Crippen molar-refractivity contribution in [3.05, 3.63) is 194 Å². The largest absolute Gasteiger partial charge is 0.308 e. The number of hydrogen-bond donors (Lipinski definition) is 0. The molecule has 0 atom stereocenters. The quantitative estimate of drug-likeness (QED) is 0.170. The van der Waals surface area contributed by atoms with Crippen LogP contribution in [0.15, 0.2) is 183 Å². The molecule has 0 saturated carbocycles. The second-order valence-electron chi connectivity index (χ2n) is 15.4. The molecule has 10 aromatic rings. The van der Waals surface area contributed by atoms with E-state index < -0.39 is 0 Å². The topological polar surface area (TPSA) is 69.4 Å². The van der Waals surface area contributed by atoms with Gasteiger partial charge in [0.1, 0.15) is 0 Å². The zero-order valence-corrected chi connectivity index (χ0v) is 32.0. The molecule has 0 saturated heterocycles. The minimum atomic E-state index is -0.159. The van der Waals surface area contributed by atoms with E-state index in [9.17, 15) is 0 Å². The Bertz CT molecular complexity index is 3060. The van der Waals surface area contributed by atoms with Crippen molar-refractivity contribution in [1.82, 2.24) is 29.5 Å². The third-order valence-electron chi connectivity index (χ3n) is 11.6. The predicted octanol–water partition coefficient (Wildman–Crippen LogP) is 12.4. The van der Waals surface area contributed by atoms with Crippen molar-refractivity contribution in [3.8, 4) is 73.2 Å². The fraction of sp³-hybridized carbons (Fsp3) is 0.0577. The molecule has 11 rings (SSSR count). The van der Waals surface area contributed by atoms with Crippen LogP contribution in [0.25, 0.3) is 95.0 Å². The molecule has 6 heteroatoms. The Morgan fingerprint density at radius 1 is 0.379 bits per heavy atom. The summed E-state index contributed by atoms with van der Waals surface area (Å²) < 4.78 is 2.50. The molecule has 0 aliphatic heterocycles. The molecule has 6 aromatic carbocycles. The van der Waals surface area contributed by atoms with Crippen molar-refractivity contribution >= 4 is 21.8 Å². The third kappa shape index (κ3) is 5.37. The maximum absolute atomic E-state index is 5.16. The molecule has 0 radical (unpaired) electrons. The number of fused-ring (bicyclic) bond motifs is 6. The predicted molar refractivity (Wildman–Crippen MR) is 234 cm³/mol. The first-order valence-electron chi connectivity index (χ1n) is 19.6. The summed E-state index contributed by atoms with van der Waals surface area (Å²) in [7, 11) is 0. The molecule has 4 heterocycles. The summed E-state index contributed by atoms with van der Waals surface area (Å²) in [5.74, 6) is 1.73. The molecule has 0 bridgehead atoms. The van der Waals surface area contributed by atoms with Crippen LogP contribution in [0.5, 0.6) is 0 Å². The van der Waals surface area contributed by atoms with Gasteiger partial charge in [-0.25, -0.2) is 15.0 Å². The summed E-state index contributed by atoms with van der Waals surface area (Å²) in [5, 5.41) is 2.44. The Hall–Kier alpha value is -7.57. The second-order valence-corrected chi connectivity index (χ2v) is 15.4. The highest BCUT2D eigenvalue weighted by Gasteiger charge is 2.36. The Balaban J connectivity index is 1.25. The lowest BCUT2D eigenvalue weighted by molar-refractivity contribution is 0.661. The molecule has 1 aliphatic rings. The number of aromatic nitrogens is 6. The van der Waals surface area contributed by atoms with Crippen LogP contribution in [0.1, 0.15) is 25.0 Å². The molecule has 0 amide bonds. The van der Waals surface area contributed by atoms with E-state index in [1.165, 1.54) is 38.5 Å². The number of rotatable bonds is 6. The fourth-order valence-corrected chi connectivity index (χ4v) is 8.85. The number of para-hydroxylation sites is 1. The van der Waals surface area contributed by atoms with Crippen molar-refractivity contribution in [2.45, 2.75) is 19.3 Å². The molecule has 274 valence electrons. The van der Waals surface area contributed by atoms with E-state index in [2.05, 4.69) is 162 Å². The number of hydrogen-bond acceptors (Lipinski definition) is 5. The molecule has 0 unspecified atom stereocenters. The molecule has 0 spiro atoms. The van der Waals surface area contributed by atoms with Crippen molar-refractivity contribution in [3.63, 3.8) is 0 Å². The zero-order valence-electron chi connectivity index (χ0n) is 32.0. The van der Waals surface area contributed by atoms with Crippen LogP contribution in [0.4, 0.5) is 0 Å². The van der Waals surface area contributed by atoms with Gasteiger partial charge in [-0.05, 0) is 88.0 Å². The Labute approximate surface area is 336 Å². The van der Waals surface area contributed by atoms with Gasteiger partial charge < -0.3 is 4.57 Å². The molecule has 0 fully saturated rings. The van der Waals surface area contributed by atoms with Gasteiger partial charge >= 0.3 is 0 Å². The fourth-order valence-electron chi connectivity index (χ4n) is 8.85. The average Bonchev–Trinajstić information content (AvgIpc) is 3.73. The van der Waals surface area contributed by atoms with Gasteiger partial charge in [0.2, 0.25) is 0 Å². The Kier molecular flexibility index (Phi) is 7.73. The van der Waals surface area contributed by atoms with Gasteiger partial charge in [-0.3, -0.25) is 9.97 Å². The first kappa shape index (κ1) is 33.7. The van der Waals surface area contributed by atoms with Gasteiger partial charge in [0.25, 0.3) is 0 Å². The number of benzene rings is 6. The standard InChI is InChI=1S/C52H36N6/c1-52(2)44-19-11-9-17-38(44)42-31-43-39-18-10-12-20-46(39)58(47(43)32-45(42)52)48-40(33-13-5-3-6-14-33)29-37(30-41(48)34-15-7-4-8-16-34)51-56-49(35-21-25-53-26-22-35)55-50(57-51)36-23-27-54-28-24-36/h3-32H,1-2H3. The SMILES string of the molecule is CC1(C)c2ccccc2-c2cc3c4ccccc4n(-c4c(-c5ccccc5)cc(-c5nc(-c6ccncc6)nc(-c6ccncc6)n5)cc4-c4ccccc4)c3cc21. The molecular formula is C52H36N6. The van der Waals surface area contributed by atoms with Gasteiger partial charge in [-0.2, -0.15) is 0 Å². The first-order valence-corrected chi connectivity index (χ1v) is 19.6. The van der Waals surface area contributed by atoms with Gasteiger partial charge in [-0.15, -0.1) is 0 Å². The van der Waals surface area contributed by atoms with Crippen LogP contribution in [-0.2, 0) is 5.41 Å². The number of pyridine rings is 2. The van der Waals surface area contributed by atoms with E-state index in [1.54, 1.807) is 24.8 Å². The molecule has 4 aromatic heterocycles. The third-order valence-corrected chi connectivity index (χ3v) is 11.6. The molecule has 1 aliphatic carbocycles. The van der Waals surface area contributed by atoms with Crippen LogP contribution >= 0.6 is 0 Å². The number of nitrogens with zero attached hydrogens (tertiary/aromatic N) is 6. The Morgan fingerprint density at radius 3 is 1.50 bits per heavy atom. The summed E-state index contributed by atoms with van der Waals surface area (Å²) in [6, 6.07) is 56.2. The van der Waals surface area contributed by atoms with Gasteiger partial charge in [0.05, 0.1) is 16.7 Å². The van der Waals surface area contributed by atoms with Gasteiger partial charge in [-0.1, -0.05) is 117 Å². The molecule has 58 heavy (non-hydrogen) atoms. The monoisotopic (exact) mass is 744 g/mol. The lowest BCUT2D eigenvalue weighted by atomic mass is 9.82. The van der Waals surface area contributed by atoms with Gasteiger partial charge in [0, 0.05) is 68.8 Å². The summed E-state index contributed by atoms with van der Waals surface area (Å²) in [4.78, 5) is 23.8. The second kappa shape index (κ2) is 13.3. The van der Waals surface area contributed by atoms with E-state index in [4.69, 9.17) is 15.0 Å². The van der Waals surface area contributed by atoms with E-state index in [1.807, 2.05) is 24.3 Å². The highest BCUT2D eigenvalue weighted by atomic mass is 15.0. The van der Waals surface area contributed by atoms with Crippen molar-refractivity contribution < 1.29 is 0 Å². The van der Waals surface area contributed by atoms with Crippen LogP contribution in [0, 0.1) is 0 Å². The summed E-state index contributed by atoms with van der Waals surface area (Å²) in [5.41, 5.74) is 15.5. The minimum Gasteiger partial charge on any atom is -0.308 e. The summed E-state index contributed by atoms with van der Waals surface area (Å²) in [6.07, 6.45) is 7.06. The lowest BCUT2D eigenvalue weighted by Crippen LogP contribution is -2.15. The maximum Gasteiger partial charge on any atom is 0.164 e. The zero-order chi connectivity index (χ0) is 38.8. The first-order chi connectivity index (χ1) is 28.5. The molecule has 6 nitrogen and oxygen atoms in total. The van der Waals surface area contributed by atoms with Crippen LogP contribution in [0.2, 0.25) is 0 Å². The van der Waals surface area contributed by atoms with Crippen LogP contribution < -0.4 is 0 Å². The lowest BCUT2D eigenvalue weighted by Gasteiger charge is -2.23. The van der Waals surface area contributed by atoms with Gasteiger partial charge in [0.15, 0.2) is 17.5 Å². The normalized spacial score (nSPS) is 12.8. The van der Waals surface area contributed by atoms with Crippen molar-refractivity contribution in [2.24, 2.45) is 0 Å². The van der Waals surface area contributed by atoms with Crippen molar-refractivity contribution in [1.29, 1.82) is 0 Å². The highest BCUT2D eigenvalue weighted by Crippen LogP contribution is 2.52. The highest BCUT2D eigenvalue weighted by molar-refractivity contribution is 6.13. The summed E-state index contributed by atoms with van der Waals surface area (Å²) >= 11 is 0. The van der Waals surface area contributed by atoms with E-state index in [0.717, 1.165) is 50.1 Å². The van der Waals surface area contributed by atoms with E-state index in [-0.39, 0.29) is 5.41 Å². The minimum absolute atomic E-state index is 0.159. The smallest absolute Gasteiger partial charge is 0.164 e. The van der Waals surface area contributed by atoms with E-state index >= 15 is 0 Å². The molecule has 0 N–H and O–H groups in total. The van der Waals surface area contributed by atoms with Crippen LogP contribution in [-0.4, -0.2) is 29.5 Å². The van der Waals surface area contributed by atoms with Crippen molar-refractivity contribution in [2.75, 3.05) is 0 Å². The molecular weight excluding hydrogens is 709 g/mol. The average molecular weight is 745 g/mol. The van der Waals surface area contributed by atoms with Crippen LogP contribution in [0.3, 0.4) is 0 Å². The van der Waals surface area contributed by atoms with E-state index in [0.29, 0.717) is 17.5 Å². The summed E-state index contributed by atoms with van der Waals surface area (Å²) in [6.45, 7) is 4.70. The Morgan fingerprint density at radius 2 is 0.897 bits per heavy atom. The maximum atomic E-state index is 5.16.